The van der Waals surface area contributed by atoms with E-state index in [1.165, 1.54) is 0 Å². The Balaban J connectivity index is 0.000000302. The topological polar surface area (TPSA) is 115 Å². The quantitative estimate of drug-likeness (QED) is 0.470. The number of aliphatic carboxylic acids is 2. The average molecular weight is 382 g/mol. The van der Waals surface area contributed by atoms with Gasteiger partial charge in [0.2, 0.25) is 0 Å². The molecule has 0 heterocycles. The lowest BCUT2D eigenvalue weighted by molar-refractivity contribution is -0.135. The number of carbonyl (C=O) groups is 2. The number of carboxylic acid groups (broad SMARTS) is 2. The van der Waals surface area contributed by atoms with E-state index >= 15 is 0 Å². The van der Waals surface area contributed by atoms with Gasteiger partial charge in [-0.25, -0.2) is 0 Å². The van der Waals surface area contributed by atoms with E-state index in [-0.39, 0.29) is 0 Å². The first-order valence-corrected chi connectivity index (χ1v) is 8.60. The van der Waals surface area contributed by atoms with Crippen LogP contribution in [0, 0.1) is 0 Å². The molecule has 0 saturated carbocycles. The molecule has 4 N–H and O–H groups in total. The van der Waals surface area contributed by atoms with E-state index in [1.807, 2.05) is 54.6 Å². The highest BCUT2D eigenvalue weighted by atomic mass is 16.4. The summed E-state index contributed by atoms with van der Waals surface area (Å²) in [5.41, 5.74) is 3.64. The van der Waals surface area contributed by atoms with Crippen LogP contribution in [-0.4, -0.2) is 32.4 Å². The lowest BCUT2D eigenvalue weighted by Crippen LogP contribution is -2.17. The maximum absolute atomic E-state index is 10.5. The molecule has 3 aromatic rings. The van der Waals surface area contributed by atoms with Crippen molar-refractivity contribution >= 4 is 22.7 Å². The van der Waals surface area contributed by atoms with Crippen molar-refractivity contribution in [3.63, 3.8) is 0 Å². The number of hydrogen-bond acceptors (Lipinski definition) is 4. The normalized spacial score (nSPS) is 16.4. The monoisotopic (exact) mass is 382 g/mol. The summed E-state index contributed by atoms with van der Waals surface area (Å²) in [4.78, 5) is 18.0. The van der Waals surface area contributed by atoms with Gasteiger partial charge in [0.1, 0.15) is 12.2 Å². The second-order valence-corrected chi connectivity index (χ2v) is 6.26. The lowest BCUT2D eigenvalue weighted by atomic mass is 9.80. The number of hydrogen-bond donors (Lipinski definition) is 4. The smallest absolute Gasteiger partial charge is 0.300 e. The Labute approximate surface area is 162 Å². The molecule has 0 aliphatic heterocycles. The van der Waals surface area contributed by atoms with Gasteiger partial charge in [0.15, 0.2) is 0 Å². The van der Waals surface area contributed by atoms with E-state index in [4.69, 9.17) is 19.8 Å². The maximum Gasteiger partial charge on any atom is 0.300 e. The Hall–Kier alpha value is -3.22. The molecule has 6 heteroatoms. The molecule has 0 aromatic heterocycles. The summed E-state index contributed by atoms with van der Waals surface area (Å²) in [5.74, 6) is -1.67. The Morgan fingerprint density at radius 2 is 1.25 bits per heavy atom. The van der Waals surface area contributed by atoms with Gasteiger partial charge in [0, 0.05) is 13.8 Å². The Morgan fingerprint density at radius 3 is 1.89 bits per heavy atom. The first-order chi connectivity index (χ1) is 13.2. The fourth-order valence-electron chi connectivity index (χ4n) is 3.18. The second-order valence-electron chi connectivity index (χ2n) is 6.26. The zero-order valence-electron chi connectivity index (χ0n) is 15.5. The number of aliphatic hydroxyl groups is 2. The third-order valence-electron chi connectivity index (χ3n) is 4.14. The highest BCUT2D eigenvalue weighted by Gasteiger charge is 2.31. The van der Waals surface area contributed by atoms with Crippen molar-refractivity contribution in [2.75, 3.05) is 0 Å². The van der Waals surface area contributed by atoms with E-state index in [9.17, 15) is 10.2 Å². The molecule has 2 atom stereocenters. The second kappa shape index (κ2) is 9.12. The van der Waals surface area contributed by atoms with Crippen LogP contribution in [0.15, 0.2) is 60.7 Å². The highest BCUT2D eigenvalue weighted by molar-refractivity contribution is 5.93. The molecule has 1 aliphatic carbocycles. The largest absolute Gasteiger partial charge is 0.481 e. The summed E-state index contributed by atoms with van der Waals surface area (Å²) >= 11 is 0. The van der Waals surface area contributed by atoms with Crippen LogP contribution >= 0.6 is 0 Å². The van der Waals surface area contributed by atoms with Crippen LogP contribution in [0.2, 0.25) is 0 Å². The van der Waals surface area contributed by atoms with Crippen LogP contribution in [0.4, 0.5) is 0 Å². The summed E-state index contributed by atoms with van der Waals surface area (Å²) in [7, 11) is 0. The van der Waals surface area contributed by atoms with Gasteiger partial charge in [0.05, 0.1) is 0 Å². The van der Waals surface area contributed by atoms with Crippen molar-refractivity contribution in [3.05, 3.63) is 71.8 Å². The van der Waals surface area contributed by atoms with Gasteiger partial charge in [0.25, 0.3) is 11.9 Å². The molecule has 28 heavy (non-hydrogen) atoms. The van der Waals surface area contributed by atoms with Gasteiger partial charge in [-0.1, -0.05) is 60.7 Å². The van der Waals surface area contributed by atoms with Crippen LogP contribution < -0.4 is 0 Å². The van der Waals surface area contributed by atoms with Gasteiger partial charge in [-0.05, 0) is 33.0 Å². The lowest BCUT2D eigenvalue weighted by Gasteiger charge is -2.30. The average Bonchev–Trinajstić information content (AvgIpc) is 2.64. The SMILES string of the molecule is CC(=O)O.CC(=O)O.O[C@@H]1c2c(ccc3ccccc23)-c2ccccc2[C@@H]1O. The van der Waals surface area contributed by atoms with Crippen molar-refractivity contribution in [3.8, 4) is 11.1 Å². The maximum atomic E-state index is 10.5. The first-order valence-electron chi connectivity index (χ1n) is 8.60. The Morgan fingerprint density at radius 1 is 0.714 bits per heavy atom. The Kier molecular flexibility index (Phi) is 6.87. The van der Waals surface area contributed by atoms with Crippen LogP contribution in [-0.2, 0) is 9.59 Å². The molecule has 146 valence electrons. The fraction of sp³-hybridized carbons (Fsp3) is 0.182. The third-order valence-corrected chi connectivity index (χ3v) is 4.14. The predicted molar refractivity (Wildman–Crippen MR) is 106 cm³/mol. The van der Waals surface area contributed by atoms with Crippen molar-refractivity contribution in [2.24, 2.45) is 0 Å². The van der Waals surface area contributed by atoms with Crippen molar-refractivity contribution < 1.29 is 30.0 Å². The zero-order valence-corrected chi connectivity index (χ0v) is 15.5. The van der Waals surface area contributed by atoms with Gasteiger partial charge in [-0.2, -0.15) is 0 Å². The molecule has 1 aliphatic rings. The standard InChI is InChI=1S/C18H14O2.2C2H4O2/c19-17-15-8-4-3-7-13(15)14-10-9-11-5-1-2-6-12(11)16(14)18(17)20;2*1-2(3)4/h1-10,17-20H;2*1H3,(H,3,4)/t17-,18+;;/m0../s1. The predicted octanol–water partition coefficient (Wildman–Crippen LogP) is 3.77. The van der Waals surface area contributed by atoms with Crippen molar-refractivity contribution in [1.82, 2.24) is 0 Å². The van der Waals surface area contributed by atoms with E-state index in [0.717, 1.165) is 46.9 Å². The summed E-state index contributed by atoms with van der Waals surface area (Å²) < 4.78 is 0. The summed E-state index contributed by atoms with van der Waals surface area (Å²) in [6.07, 6.45) is -1.75. The molecule has 0 radical (unpaired) electrons. The van der Waals surface area contributed by atoms with E-state index in [1.54, 1.807) is 0 Å². The summed E-state index contributed by atoms with van der Waals surface area (Å²) in [6, 6.07) is 19.8. The van der Waals surface area contributed by atoms with E-state index < -0.39 is 24.1 Å². The summed E-state index contributed by atoms with van der Waals surface area (Å²) in [5, 5.41) is 37.8. The van der Waals surface area contributed by atoms with E-state index in [2.05, 4.69) is 6.07 Å². The van der Waals surface area contributed by atoms with Crippen molar-refractivity contribution in [2.45, 2.75) is 26.1 Å². The molecule has 0 fully saturated rings. The third kappa shape index (κ3) is 4.73. The molecule has 0 bridgehead atoms. The molecule has 6 nitrogen and oxygen atoms in total. The molecule has 3 aromatic carbocycles. The zero-order chi connectivity index (χ0) is 20.8. The molecule has 4 rings (SSSR count). The van der Waals surface area contributed by atoms with Crippen LogP contribution in [0.3, 0.4) is 0 Å². The number of rotatable bonds is 0. The minimum Gasteiger partial charge on any atom is -0.481 e. The molecule has 0 saturated heterocycles. The molecule has 0 unspecified atom stereocenters. The van der Waals surface area contributed by atoms with Crippen LogP contribution in [0.25, 0.3) is 21.9 Å². The molecule has 0 spiro atoms. The number of carboxylic acids is 2. The van der Waals surface area contributed by atoms with Gasteiger partial charge in [-0.15, -0.1) is 0 Å². The fourth-order valence-corrected chi connectivity index (χ4v) is 3.18. The number of fused-ring (bicyclic) bond motifs is 5. The minimum atomic E-state index is -0.883. The van der Waals surface area contributed by atoms with Crippen LogP contribution in [0.1, 0.15) is 37.2 Å². The number of aliphatic hydroxyl groups excluding tert-OH is 2. The summed E-state index contributed by atoms with van der Waals surface area (Å²) in [6.45, 7) is 2.17. The molecule has 0 amide bonds. The Bertz CT molecular complexity index is 975. The van der Waals surface area contributed by atoms with Crippen LogP contribution in [0.5, 0.6) is 0 Å². The van der Waals surface area contributed by atoms with E-state index in [0.29, 0.717) is 0 Å². The highest BCUT2D eigenvalue weighted by Crippen LogP contribution is 2.46. The van der Waals surface area contributed by atoms with Crippen molar-refractivity contribution in [1.29, 1.82) is 0 Å². The van der Waals surface area contributed by atoms with Gasteiger partial charge in [-0.3, -0.25) is 9.59 Å². The van der Waals surface area contributed by atoms with Gasteiger partial charge >= 0.3 is 0 Å². The van der Waals surface area contributed by atoms with Gasteiger partial charge < -0.3 is 20.4 Å². The first kappa shape index (κ1) is 21.1. The number of benzene rings is 3. The molecular formula is C22H22O6. The molecular weight excluding hydrogens is 360 g/mol. The minimum absolute atomic E-state index is 0.794.